The molecule has 0 aliphatic heterocycles. The zero-order valence-electron chi connectivity index (χ0n) is 10.7. The van der Waals surface area contributed by atoms with Crippen LogP contribution in [0.2, 0.25) is 10.0 Å². The molecular weight excluding hydrogens is 314 g/mol. The molecule has 0 spiro atoms. The van der Waals surface area contributed by atoms with Gasteiger partial charge in [-0.1, -0.05) is 35.3 Å². The van der Waals surface area contributed by atoms with Gasteiger partial charge < -0.3 is 5.32 Å². The smallest absolute Gasteiger partial charge is 0.253 e. The lowest BCUT2D eigenvalue weighted by molar-refractivity contribution is 0.0951. The van der Waals surface area contributed by atoms with Crippen LogP contribution in [0.3, 0.4) is 0 Å². The van der Waals surface area contributed by atoms with Crippen molar-refractivity contribution in [3.63, 3.8) is 0 Å². The first-order valence-corrected chi connectivity index (χ1v) is 6.68. The first-order chi connectivity index (χ1) is 10.0. The first-order valence-electron chi connectivity index (χ1n) is 5.93. The molecule has 3 nitrogen and oxygen atoms in total. The van der Waals surface area contributed by atoms with Crippen molar-refractivity contribution in [1.29, 1.82) is 5.26 Å². The highest BCUT2D eigenvalue weighted by molar-refractivity contribution is 6.37. The van der Waals surface area contributed by atoms with Gasteiger partial charge in [0, 0.05) is 6.54 Å². The van der Waals surface area contributed by atoms with Crippen LogP contribution >= 0.6 is 23.2 Å². The highest BCUT2D eigenvalue weighted by Crippen LogP contribution is 2.25. The van der Waals surface area contributed by atoms with Crippen molar-refractivity contribution in [2.45, 2.75) is 6.54 Å². The number of rotatable bonds is 3. The number of nitrogens with zero attached hydrogens (tertiary/aromatic N) is 1. The molecule has 0 radical (unpaired) electrons. The molecule has 0 bridgehead atoms. The Balaban J connectivity index is 2.14. The first kappa shape index (κ1) is 15.3. The fourth-order valence-electron chi connectivity index (χ4n) is 1.69. The Morgan fingerprint density at radius 2 is 1.86 bits per heavy atom. The summed E-state index contributed by atoms with van der Waals surface area (Å²) in [6, 6.07) is 10.3. The number of carbonyl (C=O) groups is 1. The summed E-state index contributed by atoms with van der Waals surface area (Å²) in [7, 11) is 0. The number of amides is 1. The van der Waals surface area contributed by atoms with E-state index in [1.54, 1.807) is 12.1 Å². The van der Waals surface area contributed by atoms with Gasteiger partial charge in [-0.05, 0) is 29.8 Å². The van der Waals surface area contributed by atoms with E-state index in [4.69, 9.17) is 28.5 Å². The molecule has 0 fully saturated rings. The number of nitrogens with one attached hydrogen (secondary N) is 1. The average molecular weight is 323 g/mol. The van der Waals surface area contributed by atoms with Crippen molar-refractivity contribution in [2.75, 3.05) is 0 Å². The lowest BCUT2D eigenvalue weighted by Gasteiger charge is -2.08. The van der Waals surface area contributed by atoms with Gasteiger partial charge >= 0.3 is 0 Å². The maximum Gasteiger partial charge on any atom is 0.253 e. The summed E-state index contributed by atoms with van der Waals surface area (Å²) in [5.41, 5.74) is 1.09. The van der Waals surface area contributed by atoms with Crippen molar-refractivity contribution in [2.24, 2.45) is 0 Å². The van der Waals surface area contributed by atoms with Crippen LogP contribution in [0, 0.1) is 17.1 Å². The molecule has 0 unspecified atom stereocenters. The van der Waals surface area contributed by atoms with Crippen LogP contribution in [0.15, 0.2) is 36.4 Å². The normalized spacial score (nSPS) is 10.0. The molecule has 1 N–H and O–H groups in total. The fraction of sp³-hybridized carbons (Fsp3) is 0.0667. The largest absolute Gasteiger partial charge is 0.348 e. The van der Waals surface area contributed by atoms with E-state index in [-0.39, 0.29) is 33.5 Å². The Labute approximate surface area is 130 Å². The summed E-state index contributed by atoms with van der Waals surface area (Å²) < 4.78 is 12.8. The van der Waals surface area contributed by atoms with Crippen LogP contribution in [0.25, 0.3) is 0 Å². The maximum atomic E-state index is 12.8. The van der Waals surface area contributed by atoms with Crippen LogP contribution in [-0.2, 0) is 6.54 Å². The predicted octanol–water partition coefficient (Wildman–Crippen LogP) is 3.93. The average Bonchev–Trinajstić information content (AvgIpc) is 2.46. The van der Waals surface area contributed by atoms with Gasteiger partial charge in [-0.25, -0.2) is 4.39 Å². The van der Waals surface area contributed by atoms with E-state index in [0.717, 1.165) is 5.56 Å². The number of hydrogen-bond acceptors (Lipinski definition) is 2. The molecule has 6 heteroatoms. The number of carbonyl (C=O) groups excluding carboxylic acids is 1. The summed E-state index contributed by atoms with van der Waals surface area (Å²) >= 11 is 11.8. The van der Waals surface area contributed by atoms with Gasteiger partial charge in [0.05, 0.1) is 21.2 Å². The molecular formula is C15H9Cl2FN2O. The Bertz CT molecular complexity index is 724. The summed E-state index contributed by atoms with van der Waals surface area (Å²) in [5, 5.41) is 11.9. The Morgan fingerprint density at radius 1 is 1.19 bits per heavy atom. The quantitative estimate of drug-likeness (QED) is 0.930. The Hall–Kier alpha value is -2.09. The van der Waals surface area contributed by atoms with Gasteiger partial charge in [-0.15, -0.1) is 0 Å². The van der Waals surface area contributed by atoms with Gasteiger partial charge in [0.25, 0.3) is 5.91 Å². The van der Waals surface area contributed by atoms with E-state index in [9.17, 15) is 9.18 Å². The second-order valence-corrected chi connectivity index (χ2v) is 5.05. The molecule has 2 rings (SSSR count). The maximum absolute atomic E-state index is 12.8. The zero-order valence-corrected chi connectivity index (χ0v) is 12.2. The predicted molar refractivity (Wildman–Crippen MR) is 78.7 cm³/mol. The zero-order chi connectivity index (χ0) is 15.4. The molecule has 0 aliphatic rings. The van der Waals surface area contributed by atoms with Gasteiger partial charge in [0.15, 0.2) is 0 Å². The third-order valence-electron chi connectivity index (χ3n) is 2.79. The van der Waals surface area contributed by atoms with E-state index in [0.29, 0.717) is 0 Å². The fourth-order valence-corrected chi connectivity index (χ4v) is 2.20. The van der Waals surface area contributed by atoms with Crippen molar-refractivity contribution < 1.29 is 9.18 Å². The van der Waals surface area contributed by atoms with E-state index < -0.39 is 5.91 Å². The monoisotopic (exact) mass is 322 g/mol. The molecule has 0 atom stereocenters. The number of benzene rings is 2. The Kier molecular flexibility index (Phi) is 4.79. The van der Waals surface area contributed by atoms with Gasteiger partial charge in [0.2, 0.25) is 0 Å². The van der Waals surface area contributed by atoms with Crippen molar-refractivity contribution in [3.05, 3.63) is 69.0 Å². The molecule has 106 valence electrons. The van der Waals surface area contributed by atoms with Crippen molar-refractivity contribution in [3.8, 4) is 6.07 Å². The summed E-state index contributed by atoms with van der Waals surface area (Å²) in [4.78, 5) is 12.1. The number of nitriles is 1. The Morgan fingerprint density at radius 3 is 2.48 bits per heavy atom. The van der Waals surface area contributed by atoms with E-state index >= 15 is 0 Å². The third-order valence-corrected chi connectivity index (χ3v) is 3.41. The minimum Gasteiger partial charge on any atom is -0.348 e. The number of hydrogen-bond donors (Lipinski definition) is 1. The third kappa shape index (κ3) is 3.72. The summed E-state index contributed by atoms with van der Waals surface area (Å²) in [5.74, 6) is -0.776. The van der Waals surface area contributed by atoms with Gasteiger partial charge in [0.1, 0.15) is 11.9 Å². The minimum atomic E-state index is -0.433. The minimum absolute atomic E-state index is 0.163. The van der Waals surface area contributed by atoms with E-state index in [1.165, 1.54) is 24.3 Å². The molecule has 2 aromatic carbocycles. The van der Waals surface area contributed by atoms with Crippen LogP contribution in [-0.4, -0.2) is 5.91 Å². The van der Waals surface area contributed by atoms with Crippen LogP contribution in [0.4, 0.5) is 4.39 Å². The van der Waals surface area contributed by atoms with Crippen LogP contribution in [0.5, 0.6) is 0 Å². The molecule has 21 heavy (non-hydrogen) atoms. The van der Waals surface area contributed by atoms with Gasteiger partial charge in [-0.3, -0.25) is 4.79 Å². The highest BCUT2D eigenvalue weighted by Gasteiger charge is 2.13. The second kappa shape index (κ2) is 6.57. The van der Waals surface area contributed by atoms with E-state index in [1.807, 2.05) is 6.07 Å². The molecule has 0 aliphatic carbocycles. The lowest BCUT2D eigenvalue weighted by atomic mass is 10.1. The molecule has 0 heterocycles. The molecule has 2 aromatic rings. The standard InChI is InChI=1S/C15H9Cl2FN2O/c16-13-6-14(17)12(5-10(13)7-19)15(21)20-8-9-1-3-11(18)4-2-9/h1-6H,8H2,(H,20,21). The summed E-state index contributed by atoms with van der Waals surface area (Å²) in [6.45, 7) is 0.222. The molecule has 1 amide bonds. The summed E-state index contributed by atoms with van der Waals surface area (Å²) in [6.07, 6.45) is 0. The molecule has 0 saturated heterocycles. The van der Waals surface area contributed by atoms with Crippen molar-refractivity contribution in [1.82, 2.24) is 5.32 Å². The van der Waals surface area contributed by atoms with Gasteiger partial charge in [-0.2, -0.15) is 5.26 Å². The molecule has 0 saturated carbocycles. The number of halogens is 3. The second-order valence-electron chi connectivity index (χ2n) is 4.23. The highest BCUT2D eigenvalue weighted by atomic mass is 35.5. The SMILES string of the molecule is N#Cc1cc(C(=O)NCc2ccc(F)cc2)c(Cl)cc1Cl. The lowest BCUT2D eigenvalue weighted by Crippen LogP contribution is -2.23. The van der Waals surface area contributed by atoms with Crippen LogP contribution < -0.4 is 5.32 Å². The topological polar surface area (TPSA) is 52.9 Å². The molecule has 0 aromatic heterocycles. The van der Waals surface area contributed by atoms with E-state index in [2.05, 4.69) is 5.32 Å². The van der Waals surface area contributed by atoms with Crippen LogP contribution in [0.1, 0.15) is 21.5 Å². The van der Waals surface area contributed by atoms with Crippen molar-refractivity contribution >= 4 is 29.1 Å².